The predicted octanol–water partition coefficient (Wildman–Crippen LogP) is -4.68. The van der Waals surface area contributed by atoms with Crippen molar-refractivity contribution in [3.05, 3.63) is 102 Å². The molecule has 3 aliphatic heterocycles. The minimum atomic E-state index is -1.86. The average Bonchev–Trinajstić information content (AvgIpc) is 1.57. The number of likely N-dealkylation sites (N-methyl/N-ethyl adjacent to an activating group) is 3. The average molecular weight is 1830 g/mol. The van der Waals surface area contributed by atoms with Crippen LogP contribution in [0.3, 0.4) is 0 Å². The molecule has 8 rings (SSSR count). The summed E-state index contributed by atoms with van der Waals surface area (Å²) < 4.78 is 0. The van der Waals surface area contributed by atoms with Gasteiger partial charge in [0.05, 0.1) is 32.0 Å². The van der Waals surface area contributed by atoms with Crippen molar-refractivity contribution in [1.82, 2.24) is 93.0 Å². The van der Waals surface area contributed by atoms with E-state index in [0.717, 1.165) is 19.6 Å². The monoisotopic (exact) mass is 1830 g/mol. The predicted molar refractivity (Wildman–Crippen MR) is 475 cm³/mol. The summed E-state index contributed by atoms with van der Waals surface area (Å²) in [6, 6.07) is -4.22. The van der Waals surface area contributed by atoms with E-state index in [-0.39, 0.29) is 102 Å². The molecule has 0 saturated carbocycles. The third kappa shape index (κ3) is 27.8. The summed E-state index contributed by atoms with van der Waals surface area (Å²) in [4.78, 5) is 259. The molecule has 0 radical (unpaired) electrons. The molecule has 3 fully saturated rings. The third-order valence-electron chi connectivity index (χ3n) is 23.3. The van der Waals surface area contributed by atoms with Gasteiger partial charge in [0.1, 0.15) is 96.4 Å². The quantitative estimate of drug-likeness (QED) is 0.0166. The number of rotatable bonds is 23. The van der Waals surface area contributed by atoms with E-state index >= 15 is 28.8 Å². The fraction of sp³-hybridized carbons (Fsp3) is 0.535. The van der Waals surface area contributed by atoms with Gasteiger partial charge < -0.3 is 131 Å². The van der Waals surface area contributed by atoms with Crippen molar-refractivity contribution in [1.29, 1.82) is 5.41 Å². The highest BCUT2D eigenvalue weighted by Crippen LogP contribution is 2.27. The van der Waals surface area contributed by atoms with Crippen LogP contribution in [0.1, 0.15) is 122 Å². The molecule has 3 saturated heterocycles. The van der Waals surface area contributed by atoms with Gasteiger partial charge in [-0.3, -0.25) is 86.9 Å². The fourth-order valence-corrected chi connectivity index (χ4v) is 16.5. The van der Waals surface area contributed by atoms with E-state index in [9.17, 15) is 73.2 Å². The van der Waals surface area contributed by atoms with Crippen LogP contribution in [0.2, 0.25) is 0 Å². The smallest absolute Gasteiger partial charge is 0.246 e. The van der Waals surface area contributed by atoms with E-state index < -0.39 is 235 Å². The van der Waals surface area contributed by atoms with Gasteiger partial charge in [0.15, 0.2) is 5.96 Å². The first-order valence-corrected chi connectivity index (χ1v) is 44.3. The highest BCUT2D eigenvalue weighted by molar-refractivity contribution is 8.00. The molecule has 5 aromatic rings. The Balaban J connectivity index is 1.17. The van der Waals surface area contributed by atoms with Crippen LogP contribution in [0, 0.1) is 11.3 Å². The Morgan fingerprint density at radius 2 is 1.00 bits per heavy atom. The maximum Gasteiger partial charge on any atom is 0.246 e. The zero-order chi connectivity index (χ0) is 95.5. The number of H-pyrrole nitrogens is 2. The van der Waals surface area contributed by atoms with Crippen molar-refractivity contribution in [3.63, 3.8) is 0 Å². The Hall–Kier alpha value is -13.0. The number of primary amides is 2. The number of amides is 17. The van der Waals surface area contributed by atoms with Crippen LogP contribution in [0.25, 0.3) is 21.8 Å². The van der Waals surface area contributed by atoms with Gasteiger partial charge in [0, 0.05) is 100.0 Å². The summed E-state index contributed by atoms with van der Waals surface area (Å²) in [5.41, 5.74) is 19.4. The Labute approximate surface area is 754 Å². The topological polar surface area (TPSA) is 653 Å². The lowest BCUT2D eigenvalue weighted by molar-refractivity contribution is -0.149. The molecule has 130 heavy (non-hydrogen) atoms. The second-order valence-electron chi connectivity index (χ2n) is 33.2. The number of fused-ring (bicyclic) bond motifs is 4. The maximum atomic E-state index is 15.6. The van der Waals surface area contributed by atoms with E-state index in [4.69, 9.17) is 22.6 Å². The van der Waals surface area contributed by atoms with Gasteiger partial charge >= 0.3 is 0 Å². The van der Waals surface area contributed by atoms with Crippen molar-refractivity contribution in [2.45, 2.75) is 215 Å². The number of aromatic nitrogens is 2. The van der Waals surface area contributed by atoms with Crippen molar-refractivity contribution in [3.8, 4) is 5.75 Å². The van der Waals surface area contributed by atoms with Crippen LogP contribution < -0.4 is 75.7 Å². The highest BCUT2D eigenvalue weighted by Gasteiger charge is 2.45. The number of benzene rings is 3. The fourth-order valence-electron chi connectivity index (χ4n) is 15.7. The molecule has 43 nitrogen and oxygen atoms in total. The van der Waals surface area contributed by atoms with Crippen molar-refractivity contribution < 1.29 is 102 Å². The molecule has 24 N–H and O–H groups in total. The number of phenols is 1. The second-order valence-corrected chi connectivity index (χ2v) is 34.2. The van der Waals surface area contributed by atoms with Crippen molar-refractivity contribution in [2.75, 3.05) is 72.1 Å². The number of hydrogen-bond acceptors (Lipinski definition) is 23. The molecular formula is C86H122N22O21S. The molecule has 2 aromatic heterocycles. The lowest BCUT2D eigenvalue weighted by atomic mass is 10.0. The molecule has 3 aromatic carbocycles. The third-order valence-corrected chi connectivity index (χ3v) is 24.3. The van der Waals surface area contributed by atoms with Crippen LogP contribution in [-0.4, -0.2) is 324 Å². The first-order chi connectivity index (χ1) is 61.8. The number of aliphatic hydroxyl groups excluding tert-OH is 3. The number of para-hydroxylation sites is 2. The van der Waals surface area contributed by atoms with E-state index in [2.05, 4.69) is 68.5 Å². The number of guanidine groups is 1. The Bertz CT molecular complexity index is 4910. The molecule has 0 spiro atoms. The van der Waals surface area contributed by atoms with Crippen molar-refractivity contribution >= 4 is 140 Å². The summed E-state index contributed by atoms with van der Waals surface area (Å²) in [5, 5.41) is 79.5. The highest BCUT2D eigenvalue weighted by atomic mass is 32.2. The zero-order valence-corrected chi connectivity index (χ0v) is 74.8. The van der Waals surface area contributed by atoms with Crippen LogP contribution in [0.5, 0.6) is 5.75 Å². The number of aromatic amines is 2. The van der Waals surface area contributed by atoms with Gasteiger partial charge in [0.2, 0.25) is 100 Å². The zero-order valence-electron chi connectivity index (χ0n) is 74.0. The molecule has 0 bridgehead atoms. The first-order valence-electron chi connectivity index (χ1n) is 43.2. The lowest BCUT2D eigenvalue weighted by Gasteiger charge is -2.35. The van der Waals surface area contributed by atoms with Crippen LogP contribution in [0.4, 0.5) is 0 Å². The summed E-state index contributed by atoms with van der Waals surface area (Å²) >= 11 is 0.697. The summed E-state index contributed by atoms with van der Waals surface area (Å²) in [7, 11) is 3.77. The number of thioether (sulfide) groups is 1. The van der Waals surface area contributed by atoms with Gasteiger partial charge in [0.25, 0.3) is 0 Å². The Kier molecular flexibility index (Phi) is 38.2. The molecule has 3 aliphatic rings. The standard InChI is InChI=1S/C86H122N22O21S/c1-9-10-23-68-85(129)105(7)47(5)72(116)95-56(22-15-30-91-86(89)90)74(118)103-65(78(122)100-62(40-109)71(88)115)43-130-44-70(114)94-59(34-48-26-28-51(112)29-27-48)81(125)104(6)46(4)73(117)97-61(37-69(87)113)84(128)108-32-17-25-67(108)80(124)102-64(42-111)77(121)98-58(33-45(2)3)83(127)107-31-16-24-66(107)79(123)96-57(35-49-38-92-54-20-13-11-18-52(49)54)75(119)101-63(41-110)76(120)99-60(82(126)106(68)8)36-50-39-93-55-21-14-12-19-53(50)55/h11-14,18-21,26-29,38-39,45-47,56-68,92-93,109-112H,9-10,15-17,22-25,30-37,40-44H2,1-8H3,(H2,87,113)(H2,88,115)(H,94,114)(H,95,116)(H,96,123)(H,97,117)(H,98,121)(H,99,120)(H,100,122)(H,101,119)(H,102,124)(H,103,118)(H4,89,90,91)/t46-,47-,56-,57-,58-,59-,60-,61-,62-,63-,64-,65?,66-,67-,68-/m0/s1. The van der Waals surface area contributed by atoms with Gasteiger partial charge in [-0.25, -0.2) is 0 Å². The van der Waals surface area contributed by atoms with E-state index in [1.165, 1.54) is 64.2 Å². The number of nitrogens with zero attached hydrogens (tertiary/aromatic N) is 5. The molecule has 15 atom stereocenters. The first kappa shape index (κ1) is 102. The molecule has 17 amide bonds. The van der Waals surface area contributed by atoms with E-state index in [1.54, 1.807) is 74.8 Å². The lowest BCUT2D eigenvalue weighted by Crippen LogP contribution is -2.62. The number of nitrogens with two attached hydrogens (primary N) is 3. The number of aromatic hydroxyl groups is 1. The number of unbranched alkanes of at least 4 members (excludes halogenated alkanes) is 1. The van der Waals surface area contributed by atoms with E-state index in [0.29, 0.717) is 63.1 Å². The number of hydrogen-bond donors (Lipinski definition) is 21. The van der Waals surface area contributed by atoms with Crippen LogP contribution in [0.15, 0.2) is 85.2 Å². The minimum absolute atomic E-state index is 0.00203. The molecule has 1 unspecified atom stereocenters. The maximum absolute atomic E-state index is 15.6. The number of carbonyl (C=O) groups is 17. The molecule has 5 heterocycles. The Morgan fingerprint density at radius 3 is 1.52 bits per heavy atom. The van der Waals surface area contributed by atoms with E-state index in [1.807, 2.05) is 6.92 Å². The van der Waals surface area contributed by atoms with Crippen LogP contribution in [-0.2, 0) is 101 Å². The second kappa shape index (κ2) is 48.4. The number of nitrogens with one attached hydrogen (secondary N) is 14. The van der Waals surface area contributed by atoms with Gasteiger partial charge in [-0.2, -0.15) is 0 Å². The molecule has 44 heteroatoms. The molecular weight excluding hydrogens is 1710 g/mol. The molecule has 0 aliphatic carbocycles. The van der Waals surface area contributed by atoms with Crippen LogP contribution >= 0.6 is 11.8 Å². The van der Waals surface area contributed by atoms with Gasteiger partial charge in [-0.15, -0.1) is 11.8 Å². The summed E-state index contributed by atoms with van der Waals surface area (Å²) in [6.07, 6.45) is 2.42. The number of carbonyl (C=O) groups excluding carboxylic acids is 17. The van der Waals surface area contributed by atoms with Crippen molar-refractivity contribution in [2.24, 2.45) is 23.1 Å². The number of aliphatic hydroxyl groups is 3. The SMILES string of the molecule is CCCC[C@H]1C(=O)N(C)[C@@H](C)C(=O)N[C@@H](CCCNC(=N)N)C(=O)NC(C(=O)N[C@@H](CO)C(N)=O)CSCC(=O)N[C@@H](Cc2ccc(O)cc2)C(=O)N(C)[C@@H](C)C(=O)N[C@@H](CC(N)=O)C(=O)N2CCC[C@H]2C(=O)N[C@@H](CO)C(=O)N[C@@H](CC(C)C)C(=O)N2CCC[C@H]2C(=O)N[C@@H](Cc2c[nH]c3ccccc23)C(=O)N[C@@H](CO)C(=O)N[C@@H](Cc2c[nH]c3ccccc23)C(=O)N1C. The summed E-state index contributed by atoms with van der Waals surface area (Å²) in [6.45, 7) is 4.51. The largest absolute Gasteiger partial charge is 0.508 e. The summed E-state index contributed by atoms with van der Waals surface area (Å²) in [5.74, 6) is -18.8. The Morgan fingerprint density at radius 1 is 0.531 bits per heavy atom. The van der Waals surface area contributed by atoms with Gasteiger partial charge in [-0.05, 0) is 112 Å². The van der Waals surface area contributed by atoms with Gasteiger partial charge in [-0.1, -0.05) is 82.1 Å². The normalized spacial score (nSPS) is 24.9. The number of phenolic OH excluding ortho intramolecular Hbond substituents is 1. The molecule has 708 valence electrons. The minimum Gasteiger partial charge on any atom is -0.508 e.